The van der Waals surface area contributed by atoms with Crippen LogP contribution in [-0.4, -0.2) is 33.8 Å². The number of hydrogen-bond acceptors (Lipinski definition) is 5. The van der Waals surface area contributed by atoms with E-state index < -0.39 is 28.9 Å². The van der Waals surface area contributed by atoms with Crippen molar-refractivity contribution in [2.75, 3.05) is 5.32 Å². The molecule has 2 aromatic carbocycles. The predicted molar refractivity (Wildman–Crippen MR) is 91.7 cm³/mol. The summed E-state index contributed by atoms with van der Waals surface area (Å²) in [6.07, 6.45) is -0.902. The third-order valence-electron chi connectivity index (χ3n) is 3.87. The van der Waals surface area contributed by atoms with Crippen LogP contribution in [0.1, 0.15) is 27.6 Å². The van der Waals surface area contributed by atoms with E-state index in [0.29, 0.717) is 0 Å². The van der Waals surface area contributed by atoms with E-state index in [0.717, 1.165) is 4.90 Å². The molecule has 0 saturated heterocycles. The van der Waals surface area contributed by atoms with E-state index in [9.17, 15) is 24.5 Å². The molecular formula is C17H14N4O5. The van der Waals surface area contributed by atoms with Crippen LogP contribution in [0.15, 0.2) is 48.5 Å². The standard InChI is InChI=1S/C17H14N4O5/c1-10(20-15(22)13-7-2-3-8-14(13)16(20)23)18-17(24)19-11-5-4-6-12(9-11)21(25)26/h2-10H,1H3,(H2,18,19,24). The molecule has 0 radical (unpaired) electrons. The van der Waals surface area contributed by atoms with Crippen LogP contribution in [0, 0.1) is 10.1 Å². The highest BCUT2D eigenvalue weighted by Gasteiger charge is 2.38. The highest BCUT2D eigenvalue weighted by Crippen LogP contribution is 2.24. The maximum atomic E-state index is 12.4. The number of carbonyl (C=O) groups is 3. The lowest BCUT2D eigenvalue weighted by molar-refractivity contribution is -0.384. The van der Waals surface area contributed by atoms with Crippen molar-refractivity contribution in [2.24, 2.45) is 0 Å². The third-order valence-corrected chi connectivity index (χ3v) is 3.87. The zero-order chi connectivity index (χ0) is 18.8. The Balaban J connectivity index is 1.69. The lowest BCUT2D eigenvalue weighted by atomic mass is 10.1. The summed E-state index contributed by atoms with van der Waals surface area (Å²) >= 11 is 0. The fourth-order valence-electron chi connectivity index (χ4n) is 2.68. The lowest BCUT2D eigenvalue weighted by Crippen LogP contribution is -2.50. The van der Waals surface area contributed by atoms with Gasteiger partial charge in [-0.3, -0.25) is 24.6 Å². The van der Waals surface area contributed by atoms with Crippen LogP contribution >= 0.6 is 0 Å². The molecule has 2 aromatic rings. The highest BCUT2D eigenvalue weighted by molar-refractivity contribution is 6.21. The van der Waals surface area contributed by atoms with Crippen molar-refractivity contribution in [1.82, 2.24) is 10.2 Å². The number of urea groups is 1. The number of imide groups is 1. The van der Waals surface area contributed by atoms with Crippen molar-refractivity contribution >= 4 is 29.2 Å². The number of anilines is 1. The molecule has 9 nitrogen and oxygen atoms in total. The zero-order valence-electron chi connectivity index (χ0n) is 13.6. The van der Waals surface area contributed by atoms with Gasteiger partial charge in [0.05, 0.1) is 16.1 Å². The van der Waals surface area contributed by atoms with Gasteiger partial charge in [0, 0.05) is 17.8 Å². The number of hydrogen-bond donors (Lipinski definition) is 2. The number of non-ortho nitro benzene ring substituents is 1. The summed E-state index contributed by atoms with van der Waals surface area (Å²) in [6.45, 7) is 1.49. The molecule has 0 bridgehead atoms. The molecule has 0 aliphatic carbocycles. The Labute approximate surface area is 147 Å². The molecule has 0 aromatic heterocycles. The van der Waals surface area contributed by atoms with Gasteiger partial charge in [-0.1, -0.05) is 18.2 Å². The molecule has 1 aliphatic rings. The topological polar surface area (TPSA) is 122 Å². The predicted octanol–water partition coefficient (Wildman–Crippen LogP) is 2.36. The van der Waals surface area contributed by atoms with Crippen LogP contribution in [-0.2, 0) is 0 Å². The van der Waals surface area contributed by atoms with Gasteiger partial charge in [-0.05, 0) is 25.1 Å². The van der Waals surface area contributed by atoms with E-state index in [1.807, 2.05) is 0 Å². The number of carbonyl (C=O) groups excluding carboxylic acids is 3. The summed E-state index contributed by atoms with van der Waals surface area (Å²) in [6, 6.07) is 11.1. The van der Waals surface area contributed by atoms with E-state index in [2.05, 4.69) is 10.6 Å². The number of fused-ring (bicyclic) bond motifs is 1. The first-order valence-electron chi connectivity index (χ1n) is 7.67. The number of benzene rings is 2. The van der Waals surface area contributed by atoms with Crippen LogP contribution in [0.4, 0.5) is 16.2 Å². The summed E-state index contributed by atoms with van der Waals surface area (Å²) < 4.78 is 0. The van der Waals surface area contributed by atoms with Crippen molar-refractivity contribution < 1.29 is 19.3 Å². The number of rotatable bonds is 4. The van der Waals surface area contributed by atoms with Gasteiger partial charge in [0.15, 0.2) is 0 Å². The molecule has 1 atom stereocenters. The second-order valence-corrected chi connectivity index (χ2v) is 5.61. The van der Waals surface area contributed by atoms with E-state index in [4.69, 9.17) is 0 Å². The summed E-state index contributed by atoms with van der Waals surface area (Å²) in [7, 11) is 0. The third kappa shape index (κ3) is 3.09. The number of amides is 4. The smallest absolute Gasteiger partial charge is 0.317 e. The monoisotopic (exact) mass is 354 g/mol. The Hall–Kier alpha value is -3.75. The Morgan fingerprint density at radius 1 is 1.08 bits per heavy atom. The molecule has 26 heavy (non-hydrogen) atoms. The Morgan fingerprint density at radius 2 is 1.69 bits per heavy atom. The SMILES string of the molecule is CC(NC(=O)Nc1cccc([N+](=O)[O-])c1)N1C(=O)c2ccccc2C1=O. The quantitative estimate of drug-likeness (QED) is 0.496. The van der Waals surface area contributed by atoms with Gasteiger partial charge in [0.2, 0.25) is 0 Å². The number of nitro benzene ring substituents is 1. The lowest BCUT2D eigenvalue weighted by Gasteiger charge is -2.23. The summed E-state index contributed by atoms with van der Waals surface area (Å²) in [4.78, 5) is 48.0. The second-order valence-electron chi connectivity index (χ2n) is 5.61. The van der Waals surface area contributed by atoms with Crippen molar-refractivity contribution in [3.63, 3.8) is 0 Å². The fraction of sp³-hybridized carbons (Fsp3) is 0.118. The van der Waals surface area contributed by atoms with Gasteiger partial charge in [-0.2, -0.15) is 0 Å². The molecule has 9 heteroatoms. The van der Waals surface area contributed by atoms with Crippen molar-refractivity contribution in [1.29, 1.82) is 0 Å². The first-order chi connectivity index (χ1) is 12.4. The number of nitro groups is 1. The molecule has 1 aliphatic heterocycles. The van der Waals surface area contributed by atoms with Gasteiger partial charge in [-0.15, -0.1) is 0 Å². The minimum atomic E-state index is -0.902. The Morgan fingerprint density at radius 3 is 2.27 bits per heavy atom. The van der Waals surface area contributed by atoms with Gasteiger partial charge >= 0.3 is 6.03 Å². The largest absolute Gasteiger partial charge is 0.320 e. The van der Waals surface area contributed by atoms with Gasteiger partial charge in [0.25, 0.3) is 17.5 Å². The zero-order valence-corrected chi connectivity index (χ0v) is 13.6. The van der Waals surface area contributed by atoms with Crippen LogP contribution in [0.25, 0.3) is 0 Å². The molecule has 1 unspecified atom stereocenters. The van der Waals surface area contributed by atoms with E-state index in [-0.39, 0.29) is 22.5 Å². The molecule has 2 N–H and O–H groups in total. The summed E-state index contributed by atoms with van der Waals surface area (Å²) in [5.74, 6) is -0.984. The van der Waals surface area contributed by atoms with Crippen LogP contribution in [0.3, 0.4) is 0 Å². The van der Waals surface area contributed by atoms with E-state index in [1.165, 1.54) is 31.2 Å². The van der Waals surface area contributed by atoms with Gasteiger partial charge < -0.3 is 10.6 Å². The fourth-order valence-corrected chi connectivity index (χ4v) is 2.68. The molecule has 4 amide bonds. The van der Waals surface area contributed by atoms with E-state index in [1.54, 1.807) is 24.3 Å². The van der Waals surface area contributed by atoms with Crippen molar-refractivity contribution in [2.45, 2.75) is 13.1 Å². The van der Waals surface area contributed by atoms with Crippen LogP contribution in [0.2, 0.25) is 0 Å². The van der Waals surface area contributed by atoms with Crippen molar-refractivity contribution in [3.8, 4) is 0 Å². The summed E-state index contributed by atoms with van der Waals surface area (Å²) in [5, 5.41) is 15.7. The normalized spacial score (nSPS) is 14.0. The number of nitrogens with one attached hydrogen (secondary N) is 2. The highest BCUT2D eigenvalue weighted by atomic mass is 16.6. The maximum absolute atomic E-state index is 12.4. The van der Waals surface area contributed by atoms with Crippen LogP contribution in [0.5, 0.6) is 0 Å². The molecular weight excluding hydrogens is 340 g/mol. The molecule has 3 rings (SSSR count). The molecule has 0 saturated carbocycles. The Kier molecular flexibility index (Phi) is 4.36. The Bertz CT molecular complexity index is 892. The first kappa shape index (κ1) is 17.1. The maximum Gasteiger partial charge on any atom is 0.320 e. The van der Waals surface area contributed by atoms with E-state index >= 15 is 0 Å². The summed E-state index contributed by atoms with van der Waals surface area (Å²) in [5.41, 5.74) is 0.609. The molecule has 0 fully saturated rings. The number of nitrogens with zero attached hydrogens (tertiary/aromatic N) is 2. The minimum absolute atomic E-state index is 0.170. The molecule has 1 heterocycles. The molecule has 132 valence electrons. The van der Waals surface area contributed by atoms with Gasteiger partial charge in [0.1, 0.15) is 6.17 Å². The van der Waals surface area contributed by atoms with Crippen LogP contribution < -0.4 is 10.6 Å². The first-order valence-corrected chi connectivity index (χ1v) is 7.67. The average molecular weight is 354 g/mol. The van der Waals surface area contributed by atoms with Crippen molar-refractivity contribution in [3.05, 3.63) is 69.8 Å². The average Bonchev–Trinajstić information content (AvgIpc) is 2.86. The minimum Gasteiger partial charge on any atom is -0.317 e. The molecule has 0 spiro atoms. The van der Waals surface area contributed by atoms with Gasteiger partial charge in [-0.25, -0.2) is 4.79 Å². The second kappa shape index (κ2) is 6.63.